The number of amides is 1. The van der Waals surface area contributed by atoms with Gasteiger partial charge in [-0.1, -0.05) is 54.6 Å². The summed E-state index contributed by atoms with van der Waals surface area (Å²) in [4.78, 5) is 49.7. The Morgan fingerprint density at radius 3 is 2.14 bits per heavy atom. The molecule has 1 aliphatic rings. The van der Waals surface area contributed by atoms with Crippen molar-refractivity contribution in [1.82, 2.24) is 4.90 Å². The Labute approximate surface area is 246 Å². The number of nitrogens with zero attached hydrogens (tertiary/aromatic N) is 1. The summed E-state index contributed by atoms with van der Waals surface area (Å²) in [5, 5.41) is 39.3. The zero-order chi connectivity index (χ0) is 31.1. The Hall–Kier alpha value is -4.94. The van der Waals surface area contributed by atoms with Gasteiger partial charge < -0.3 is 39.5 Å². The molecule has 0 aliphatic carbocycles. The van der Waals surface area contributed by atoms with Crippen LogP contribution in [0.3, 0.4) is 0 Å². The van der Waals surface area contributed by atoms with Crippen molar-refractivity contribution < 1.29 is 53.8 Å². The summed E-state index contributed by atoms with van der Waals surface area (Å²) in [5.41, 5.74) is 1.57. The molecule has 43 heavy (non-hydrogen) atoms. The van der Waals surface area contributed by atoms with Crippen molar-refractivity contribution in [1.29, 1.82) is 0 Å². The molecule has 0 radical (unpaired) electrons. The lowest BCUT2D eigenvalue weighted by Crippen LogP contribution is -2.52. The second-order valence-corrected chi connectivity index (χ2v) is 10.0. The van der Waals surface area contributed by atoms with Gasteiger partial charge in [0.1, 0.15) is 12.3 Å². The average Bonchev–Trinajstić information content (AvgIpc) is 3.45. The number of carboxylic acids is 3. The predicted octanol–water partition coefficient (Wildman–Crippen LogP) is 3.48. The van der Waals surface area contributed by atoms with E-state index in [4.69, 9.17) is 14.2 Å². The van der Waals surface area contributed by atoms with Crippen LogP contribution in [0.15, 0.2) is 78.9 Å². The standard InChI is InChI=1S/C31H31NO11/c1-19(32(17-27(34)35)28(36)26-18-41-31(43-26,29(37)38)30(39)40)23(14-12-20-8-4-2-5-9-20)21-13-15-25(24(33)16-21)42-22-10-6-3-7-11-22/h2-11,13,15-16,19,23,26,33H,12,14,17-18H2,1H3,(H,34,35)(H,37,38)(H,39,40)/t19-,23-,26-/m0/s1. The van der Waals surface area contributed by atoms with Gasteiger partial charge in [0.25, 0.3) is 5.91 Å². The monoisotopic (exact) mass is 593 g/mol. The molecule has 0 aromatic heterocycles. The fourth-order valence-corrected chi connectivity index (χ4v) is 4.99. The molecule has 1 amide bonds. The lowest BCUT2D eigenvalue weighted by Gasteiger charge is -2.35. The largest absolute Gasteiger partial charge is 0.504 e. The summed E-state index contributed by atoms with van der Waals surface area (Å²) in [6, 6.07) is 22.3. The average molecular weight is 594 g/mol. The normalized spacial score (nSPS) is 17.0. The summed E-state index contributed by atoms with van der Waals surface area (Å²) in [5.74, 6) is -9.31. The van der Waals surface area contributed by atoms with Crippen LogP contribution in [0.4, 0.5) is 0 Å². The number of phenolic OH excluding ortho intramolecular Hbond substituents is 1. The fourth-order valence-electron chi connectivity index (χ4n) is 4.99. The van der Waals surface area contributed by atoms with E-state index in [1.54, 1.807) is 43.3 Å². The molecule has 1 heterocycles. The minimum Gasteiger partial charge on any atom is -0.504 e. The number of carbonyl (C=O) groups excluding carboxylic acids is 1. The number of carboxylic acid groups (broad SMARTS) is 3. The molecule has 12 nitrogen and oxygen atoms in total. The SMILES string of the molecule is C[C@@H]([C@H](CCc1ccccc1)c1ccc(Oc2ccccc2)c(O)c1)N(CC(=O)O)C(=O)[C@@H]1COC(C(=O)O)(C(=O)O)O1. The van der Waals surface area contributed by atoms with Crippen LogP contribution in [-0.4, -0.2) is 80.2 Å². The molecule has 12 heteroatoms. The molecule has 0 unspecified atom stereocenters. The third-order valence-electron chi connectivity index (χ3n) is 7.22. The first-order valence-electron chi connectivity index (χ1n) is 13.4. The summed E-state index contributed by atoms with van der Waals surface area (Å²) < 4.78 is 15.8. The number of aliphatic carboxylic acids is 3. The second kappa shape index (κ2) is 13.4. The van der Waals surface area contributed by atoms with E-state index in [-0.39, 0.29) is 11.5 Å². The fraction of sp³-hybridized carbons (Fsp3) is 0.290. The molecule has 3 atom stereocenters. The van der Waals surface area contributed by atoms with Crippen molar-refractivity contribution in [2.75, 3.05) is 13.2 Å². The Bertz CT molecular complexity index is 1450. The maximum absolute atomic E-state index is 13.6. The van der Waals surface area contributed by atoms with E-state index in [9.17, 15) is 39.6 Å². The lowest BCUT2D eigenvalue weighted by atomic mass is 9.85. The van der Waals surface area contributed by atoms with E-state index in [0.29, 0.717) is 24.2 Å². The summed E-state index contributed by atoms with van der Waals surface area (Å²) in [6.45, 7) is 0.136. The number of para-hydroxylation sites is 1. The molecule has 4 N–H and O–H groups in total. The van der Waals surface area contributed by atoms with E-state index in [1.165, 1.54) is 6.07 Å². The van der Waals surface area contributed by atoms with Crippen LogP contribution in [0, 0.1) is 0 Å². The molecule has 3 aromatic rings. The number of hydrogen-bond donors (Lipinski definition) is 4. The van der Waals surface area contributed by atoms with Crippen LogP contribution in [0.2, 0.25) is 0 Å². The zero-order valence-corrected chi connectivity index (χ0v) is 23.2. The molecule has 0 saturated carbocycles. The Morgan fingerprint density at radius 1 is 0.953 bits per heavy atom. The minimum atomic E-state index is -3.09. The smallest absolute Gasteiger partial charge is 0.377 e. The highest BCUT2D eigenvalue weighted by atomic mass is 16.8. The van der Waals surface area contributed by atoms with Crippen molar-refractivity contribution in [3.05, 3.63) is 90.0 Å². The number of carbonyl (C=O) groups is 4. The van der Waals surface area contributed by atoms with Crippen LogP contribution in [0.25, 0.3) is 0 Å². The molecule has 1 fully saturated rings. The maximum atomic E-state index is 13.6. The van der Waals surface area contributed by atoms with Crippen LogP contribution < -0.4 is 4.74 Å². The molecule has 3 aromatic carbocycles. The molecular formula is C31H31NO11. The summed E-state index contributed by atoms with van der Waals surface area (Å²) >= 11 is 0. The maximum Gasteiger partial charge on any atom is 0.377 e. The molecule has 1 aliphatic heterocycles. The molecule has 0 bridgehead atoms. The van der Waals surface area contributed by atoms with Gasteiger partial charge in [-0.2, -0.15) is 0 Å². The van der Waals surface area contributed by atoms with Crippen molar-refractivity contribution in [2.45, 2.75) is 43.6 Å². The third-order valence-corrected chi connectivity index (χ3v) is 7.22. The van der Waals surface area contributed by atoms with Gasteiger partial charge in [-0.15, -0.1) is 0 Å². The van der Waals surface area contributed by atoms with Gasteiger partial charge in [0.15, 0.2) is 17.6 Å². The van der Waals surface area contributed by atoms with Crippen LogP contribution in [-0.2, 0) is 35.1 Å². The Balaban J connectivity index is 1.65. The summed E-state index contributed by atoms with van der Waals surface area (Å²) in [6.07, 6.45) is -0.722. The number of rotatable bonds is 13. The minimum absolute atomic E-state index is 0.172. The van der Waals surface area contributed by atoms with Gasteiger partial charge in [0.05, 0.1) is 6.61 Å². The highest BCUT2D eigenvalue weighted by Crippen LogP contribution is 2.37. The summed E-state index contributed by atoms with van der Waals surface area (Å²) in [7, 11) is 0. The van der Waals surface area contributed by atoms with Gasteiger partial charge in [-0.25, -0.2) is 9.59 Å². The first-order valence-corrected chi connectivity index (χ1v) is 13.4. The van der Waals surface area contributed by atoms with Crippen molar-refractivity contribution in [3.63, 3.8) is 0 Å². The van der Waals surface area contributed by atoms with Gasteiger partial charge in [-0.3, -0.25) is 9.59 Å². The Morgan fingerprint density at radius 2 is 1.58 bits per heavy atom. The molecule has 1 saturated heterocycles. The van der Waals surface area contributed by atoms with E-state index < -0.39 is 60.8 Å². The van der Waals surface area contributed by atoms with Crippen LogP contribution in [0.5, 0.6) is 17.2 Å². The van der Waals surface area contributed by atoms with E-state index in [0.717, 1.165) is 10.5 Å². The van der Waals surface area contributed by atoms with Gasteiger partial charge in [-0.05, 0) is 55.2 Å². The first-order chi connectivity index (χ1) is 20.5. The van der Waals surface area contributed by atoms with Crippen molar-refractivity contribution in [3.8, 4) is 17.2 Å². The van der Waals surface area contributed by atoms with Crippen molar-refractivity contribution in [2.24, 2.45) is 0 Å². The predicted molar refractivity (Wildman–Crippen MR) is 150 cm³/mol. The van der Waals surface area contributed by atoms with Crippen molar-refractivity contribution >= 4 is 23.8 Å². The quantitative estimate of drug-likeness (QED) is 0.213. The van der Waals surface area contributed by atoms with Crippen LogP contribution in [0.1, 0.15) is 30.4 Å². The van der Waals surface area contributed by atoms with Gasteiger partial charge in [0, 0.05) is 12.0 Å². The molecule has 226 valence electrons. The van der Waals surface area contributed by atoms with Gasteiger partial charge in [0.2, 0.25) is 0 Å². The molecule has 0 spiro atoms. The highest BCUT2D eigenvalue weighted by molar-refractivity contribution is 6.01. The van der Waals surface area contributed by atoms with E-state index >= 15 is 0 Å². The third kappa shape index (κ3) is 7.11. The zero-order valence-electron chi connectivity index (χ0n) is 23.2. The number of phenols is 1. The van der Waals surface area contributed by atoms with Gasteiger partial charge >= 0.3 is 23.7 Å². The Kier molecular flexibility index (Phi) is 9.63. The first kappa shape index (κ1) is 31.0. The number of hydrogen-bond acceptors (Lipinski definition) is 8. The number of ether oxygens (including phenoxy) is 3. The lowest BCUT2D eigenvalue weighted by molar-refractivity contribution is -0.218. The van der Waals surface area contributed by atoms with Crippen LogP contribution >= 0.6 is 0 Å². The highest BCUT2D eigenvalue weighted by Gasteiger charge is 2.58. The number of aryl methyl sites for hydroxylation is 1. The molecular weight excluding hydrogens is 562 g/mol. The number of benzene rings is 3. The molecule has 4 rings (SSSR count). The van der Waals surface area contributed by atoms with E-state index in [1.807, 2.05) is 36.4 Å². The number of aromatic hydroxyl groups is 1. The van der Waals surface area contributed by atoms with E-state index in [2.05, 4.69) is 0 Å². The topological polar surface area (TPSA) is 180 Å². The second-order valence-electron chi connectivity index (χ2n) is 10.0.